The summed E-state index contributed by atoms with van der Waals surface area (Å²) in [7, 11) is 1.29. The first-order valence-corrected chi connectivity index (χ1v) is 2.07. The Balaban J connectivity index is 3.39. The van der Waals surface area contributed by atoms with Gasteiger partial charge in [-0.2, -0.15) is 0 Å². The number of aliphatic carboxylic acids is 1. The number of hydrogen-bond donors (Lipinski definition) is 1. The van der Waals surface area contributed by atoms with Gasteiger partial charge in [-0.05, 0) is 0 Å². The minimum atomic E-state index is -1.62. The highest BCUT2D eigenvalue weighted by atomic mass is 16.7. The molecule has 0 saturated heterocycles. The molecule has 0 aromatic carbocycles. The number of rotatable bonds is 2. The lowest BCUT2D eigenvalue weighted by atomic mass is 10.7. The number of hydrogen-bond acceptors (Lipinski definition) is 4. The highest BCUT2D eigenvalue weighted by Crippen LogP contribution is 1.76. The van der Waals surface area contributed by atoms with Crippen LogP contribution in [0.25, 0.3) is 0 Å². The molecule has 5 heteroatoms. The van der Waals surface area contributed by atoms with Gasteiger partial charge in [-0.25, -0.2) is 9.59 Å². The average Bonchev–Trinajstić information content (AvgIpc) is 1.82. The highest BCUT2D eigenvalue weighted by molar-refractivity contribution is 6.28. The van der Waals surface area contributed by atoms with Crippen LogP contribution in [-0.4, -0.2) is 30.9 Å². The first-order valence-electron chi connectivity index (χ1n) is 2.07. The first-order chi connectivity index (χ1) is 4.18. The summed E-state index contributed by atoms with van der Waals surface area (Å²) in [5, 5.41) is 7.88. The predicted octanol–water partition coefficient (Wildman–Crippen LogP) is -0.782. The fourth-order valence-corrected chi connectivity index (χ4v) is 0.174. The van der Waals surface area contributed by atoms with Crippen LogP contribution in [0.1, 0.15) is 0 Å². The molecule has 0 aliphatic heterocycles. The second kappa shape index (κ2) is 3.85. The number of ether oxygens (including phenoxy) is 2. The molecule has 0 heterocycles. The Morgan fingerprint density at radius 1 is 1.56 bits per heavy atom. The zero-order chi connectivity index (χ0) is 7.28. The van der Waals surface area contributed by atoms with Crippen molar-refractivity contribution in [2.45, 2.75) is 0 Å². The molecule has 0 rings (SSSR count). The third kappa shape index (κ3) is 3.48. The molecule has 52 valence electrons. The molecule has 0 aromatic rings. The summed E-state index contributed by atoms with van der Waals surface area (Å²) in [5.41, 5.74) is 0. The van der Waals surface area contributed by atoms with Gasteiger partial charge in [0.15, 0.2) is 6.79 Å². The largest absolute Gasteiger partial charge is 0.473 e. The van der Waals surface area contributed by atoms with E-state index in [1.54, 1.807) is 0 Å². The van der Waals surface area contributed by atoms with Crippen LogP contribution in [0.15, 0.2) is 0 Å². The summed E-state index contributed by atoms with van der Waals surface area (Å²) in [6, 6.07) is 0. The van der Waals surface area contributed by atoms with E-state index >= 15 is 0 Å². The normalized spacial score (nSPS) is 8.56. The van der Waals surface area contributed by atoms with Gasteiger partial charge in [0.25, 0.3) is 0 Å². The van der Waals surface area contributed by atoms with Crippen molar-refractivity contribution in [3.8, 4) is 0 Å². The number of esters is 1. The van der Waals surface area contributed by atoms with Gasteiger partial charge < -0.3 is 14.6 Å². The van der Waals surface area contributed by atoms with Crippen LogP contribution in [0.5, 0.6) is 0 Å². The van der Waals surface area contributed by atoms with Crippen molar-refractivity contribution in [3.05, 3.63) is 0 Å². The summed E-state index contributed by atoms with van der Waals surface area (Å²) in [5.74, 6) is -2.93. The Morgan fingerprint density at radius 3 is 2.44 bits per heavy atom. The number of carbonyl (C=O) groups excluding carboxylic acids is 1. The smallest absolute Gasteiger partial charge is 0.419 e. The molecule has 0 radical (unpaired) electrons. The lowest BCUT2D eigenvalue weighted by Crippen LogP contribution is -2.17. The minimum Gasteiger partial charge on any atom is -0.473 e. The van der Waals surface area contributed by atoms with Crippen LogP contribution in [0, 0.1) is 0 Å². The molecule has 1 N–H and O–H groups in total. The molecule has 0 fully saturated rings. The van der Waals surface area contributed by atoms with Gasteiger partial charge in [0, 0.05) is 7.11 Å². The van der Waals surface area contributed by atoms with E-state index in [1.807, 2.05) is 0 Å². The maximum absolute atomic E-state index is 10.00. The van der Waals surface area contributed by atoms with Gasteiger partial charge in [0.2, 0.25) is 0 Å². The molecule has 0 spiro atoms. The Morgan fingerprint density at radius 2 is 2.11 bits per heavy atom. The van der Waals surface area contributed by atoms with Crippen LogP contribution < -0.4 is 0 Å². The van der Waals surface area contributed by atoms with Crippen LogP contribution >= 0.6 is 0 Å². The zero-order valence-corrected chi connectivity index (χ0v) is 4.79. The van der Waals surface area contributed by atoms with Crippen molar-refractivity contribution in [2.24, 2.45) is 0 Å². The summed E-state index contributed by atoms with van der Waals surface area (Å²) >= 11 is 0. The Kier molecular flexibility index (Phi) is 3.38. The molecule has 0 aromatic heterocycles. The molecule has 0 amide bonds. The van der Waals surface area contributed by atoms with Gasteiger partial charge in [-0.1, -0.05) is 0 Å². The number of methoxy groups -OCH3 is 1. The van der Waals surface area contributed by atoms with E-state index in [0.717, 1.165) is 0 Å². The Labute approximate surface area is 51.2 Å². The van der Waals surface area contributed by atoms with Crippen molar-refractivity contribution in [2.75, 3.05) is 13.9 Å². The molecule has 0 unspecified atom stereocenters. The van der Waals surface area contributed by atoms with E-state index in [2.05, 4.69) is 9.47 Å². The fraction of sp³-hybridized carbons (Fsp3) is 0.500. The third-order valence-corrected chi connectivity index (χ3v) is 0.482. The number of carboxylic acid groups (broad SMARTS) is 1. The quantitative estimate of drug-likeness (QED) is 0.304. The molecule has 0 aliphatic rings. The summed E-state index contributed by atoms with van der Waals surface area (Å²) in [6.45, 7) is -0.328. The zero-order valence-electron chi connectivity index (χ0n) is 4.79. The predicted molar refractivity (Wildman–Crippen MR) is 25.6 cm³/mol. The molecule has 5 nitrogen and oxygen atoms in total. The van der Waals surface area contributed by atoms with Gasteiger partial charge in [-0.15, -0.1) is 0 Å². The number of carboxylic acids is 1. The molecule has 9 heavy (non-hydrogen) atoms. The molecular weight excluding hydrogens is 128 g/mol. The van der Waals surface area contributed by atoms with E-state index in [1.165, 1.54) is 7.11 Å². The molecule has 0 atom stereocenters. The van der Waals surface area contributed by atoms with Crippen LogP contribution in [0.2, 0.25) is 0 Å². The topological polar surface area (TPSA) is 72.8 Å². The number of carbonyl (C=O) groups is 2. The van der Waals surface area contributed by atoms with E-state index in [9.17, 15) is 9.59 Å². The lowest BCUT2D eigenvalue weighted by molar-refractivity contribution is -0.170. The Hall–Kier alpha value is -1.10. The fourth-order valence-electron chi connectivity index (χ4n) is 0.174. The maximum atomic E-state index is 10.00. The molecule has 0 saturated carbocycles. The van der Waals surface area contributed by atoms with E-state index in [-0.39, 0.29) is 6.79 Å². The minimum absolute atomic E-state index is 0.328. The van der Waals surface area contributed by atoms with Crippen molar-refractivity contribution in [1.82, 2.24) is 0 Å². The van der Waals surface area contributed by atoms with Gasteiger partial charge in [0.05, 0.1) is 0 Å². The van der Waals surface area contributed by atoms with Crippen molar-refractivity contribution < 1.29 is 24.2 Å². The first kappa shape index (κ1) is 7.90. The second-order valence-electron chi connectivity index (χ2n) is 1.14. The van der Waals surface area contributed by atoms with E-state index < -0.39 is 11.9 Å². The molecule has 0 bridgehead atoms. The van der Waals surface area contributed by atoms with Gasteiger partial charge >= 0.3 is 11.9 Å². The molecular formula is C4H6O5. The van der Waals surface area contributed by atoms with Gasteiger partial charge in [0.1, 0.15) is 0 Å². The van der Waals surface area contributed by atoms with Crippen molar-refractivity contribution >= 4 is 11.9 Å². The van der Waals surface area contributed by atoms with Crippen molar-refractivity contribution in [3.63, 3.8) is 0 Å². The standard InChI is InChI=1S/C4H6O5/c1-8-2-9-4(7)3(5)6/h2H2,1H3,(H,5,6). The second-order valence-corrected chi connectivity index (χ2v) is 1.14. The van der Waals surface area contributed by atoms with E-state index in [4.69, 9.17) is 5.11 Å². The van der Waals surface area contributed by atoms with Crippen LogP contribution in [0.4, 0.5) is 0 Å². The summed E-state index contributed by atoms with van der Waals surface area (Å²) < 4.78 is 8.25. The molecule has 0 aliphatic carbocycles. The highest BCUT2D eigenvalue weighted by Gasteiger charge is 2.11. The van der Waals surface area contributed by atoms with Crippen molar-refractivity contribution in [1.29, 1.82) is 0 Å². The summed E-state index contributed by atoms with van der Waals surface area (Å²) in [6.07, 6.45) is 0. The third-order valence-electron chi connectivity index (χ3n) is 0.482. The lowest BCUT2D eigenvalue weighted by Gasteiger charge is -1.96. The van der Waals surface area contributed by atoms with Gasteiger partial charge in [-0.3, -0.25) is 0 Å². The summed E-state index contributed by atoms with van der Waals surface area (Å²) in [4.78, 5) is 19.7. The monoisotopic (exact) mass is 134 g/mol. The average molecular weight is 134 g/mol. The Bertz CT molecular complexity index is 118. The maximum Gasteiger partial charge on any atom is 0.419 e. The van der Waals surface area contributed by atoms with Crippen LogP contribution in [-0.2, 0) is 19.1 Å². The SMILES string of the molecule is COCOC(=O)C(=O)O. The van der Waals surface area contributed by atoms with Crippen LogP contribution in [0.3, 0.4) is 0 Å². The van der Waals surface area contributed by atoms with E-state index in [0.29, 0.717) is 0 Å².